The highest BCUT2D eigenvalue weighted by atomic mass is 16.5. The van der Waals surface area contributed by atoms with E-state index in [9.17, 15) is 4.79 Å². The number of piperidine rings is 1. The molecule has 24 heavy (non-hydrogen) atoms. The van der Waals surface area contributed by atoms with Crippen molar-refractivity contribution >= 4 is 5.78 Å². The van der Waals surface area contributed by atoms with Crippen molar-refractivity contribution < 1.29 is 9.53 Å². The zero-order chi connectivity index (χ0) is 16.5. The maximum atomic E-state index is 12.9. The van der Waals surface area contributed by atoms with Crippen LogP contribution >= 0.6 is 0 Å². The van der Waals surface area contributed by atoms with Crippen LogP contribution in [0.15, 0.2) is 42.9 Å². The molecule has 126 valence electrons. The number of morpholine rings is 1. The molecule has 0 spiro atoms. The van der Waals surface area contributed by atoms with Crippen LogP contribution in [0, 0.1) is 5.92 Å². The quantitative estimate of drug-likeness (QED) is 0.809. The van der Waals surface area contributed by atoms with E-state index >= 15 is 0 Å². The van der Waals surface area contributed by atoms with Crippen molar-refractivity contribution in [1.82, 2.24) is 14.5 Å². The molecule has 2 saturated heterocycles. The van der Waals surface area contributed by atoms with Crippen molar-refractivity contribution in [3.8, 4) is 0 Å². The fraction of sp³-hybridized carbons (Fsp3) is 0.474. The molecule has 5 nitrogen and oxygen atoms in total. The number of aromatic nitrogens is 2. The smallest absolute Gasteiger partial charge is 0.184 e. The van der Waals surface area contributed by atoms with Gasteiger partial charge in [-0.05, 0) is 18.4 Å². The van der Waals surface area contributed by atoms with Crippen molar-refractivity contribution in [3.63, 3.8) is 0 Å². The lowest BCUT2D eigenvalue weighted by Crippen LogP contribution is -2.57. The van der Waals surface area contributed by atoms with Gasteiger partial charge in [0.1, 0.15) is 5.69 Å². The predicted molar refractivity (Wildman–Crippen MR) is 90.6 cm³/mol. The highest BCUT2D eigenvalue weighted by Crippen LogP contribution is 2.34. The van der Waals surface area contributed by atoms with Crippen LogP contribution in [0.3, 0.4) is 0 Å². The van der Waals surface area contributed by atoms with Crippen molar-refractivity contribution in [1.29, 1.82) is 0 Å². The number of ketones is 1. The first-order chi connectivity index (χ1) is 11.7. The molecule has 1 aromatic heterocycles. The summed E-state index contributed by atoms with van der Waals surface area (Å²) in [6.07, 6.45) is 5.12. The Morgan fingerprint density at radius 2 is 1.92 bits per heavy atom. The third-order valence-corrected chi connectivity index (χ3v) is 5.32. The van der Waals surface area contributed by atoms with Crippen LogP contribution in [0.4, 0.5) is 0 Å². The van der Waals surface area contributed by atoms with E-state index in [0.717, 1.165) is 38.3 Å². The molecule has 0 radical (unpaired) electrons. The van der Waals surface area contributed by atoms with Gasteiger partial charge >= 0.3 is 0 Å². The summed E-state index contributed by atoms with van der Waals surface area (Å²) in [5, 5.41) is 0. The number of rotatable bonds is 4. The molecular weight excluding hydrogens is 302 g/mol. The van der Waals surface area contributed by atoms with Crippen molar-refractivity contribution in [3.05, 3.63) is 54.1 Å². The number of nitrogens with zero attached hydrogens (tertiary/aromatic N) is 3. The van der Waals surface area contributed by atoms with Crippen LogP contribution in [0.25, 0.3) is 0 Å². The summed E-state index contributed by atoms with van der Waals surface area (Å²) in [4.78, 5) is 19.5. The van der Waals surface area contributed by atoms with Crippen LogP contribution in [0.2, 0.25) is 0 Å². The summed E-state index contributed by atoms with van der Waals surface area (Å²) in [6, 6.07) is 11.2. The van der Waals surface area contributed by atoms with E-state index < -0.39 is 0 Å². The Balaban J connectivity index is 1.50. The van der Waals surface area contributed by atoms with Crippen molar-refractivity contribution in [2.24, 2.45) is 13.0 Å². The highest BCUT2D eigenvalue weighted by Gasteiger charge is 2.41. The van der Waals surface area contributed by atoms with E-state index in [0.29, 0.717) is 12.1 Å². The van der Waals surface area contributed by atoms with Crippen LogP contribution < -0.4 is 0 Å². The SMILES string of the molecule is Cn1cncc1C(=O)C1CC2COCC(C1)N2Cc1ccccc1. The van der Waals surface area contributed by atoms with E-state index in [2.05, 4.69) is 34.1 Å². The first-order valence-corrected chi connectivity index (χ1v) is 8.60. The molecule has 2 fully saturated rings. The minimum absolute atomic E-state index is 0.0753. The molecule has 2 unspecified atom stereocenters. The van der Waals surface area contributed by atoms with Gasteiger partial charge in [0.25, 0.3) is 0 Å². The summed E-state index contributed by atoms with van der Waals surface area (Å²) in [6.45, 7) is 2.38. The third kappa shape index (κ3) is 2.89. The molecule has 1 aromatic carbocycles. The molecule has 0 N–H and O–H groups in total. The summed E-state index contributed by atoms with van der Waals surface area (Å²) in [7, 11) is 1.88. The summed E-state index contributed by atoms with van der Waals surface area (Å²) < 4.78 is 7.60. The maximum Gasteiger partial charge on any atom is 0.184 e. The largest absolute Gasteiger partial charge is 0.378 e. The first-order valence-electron chi connectivity index (χ1n) is 8.60. The molecule has 4 rings (SSSR count). The molecule has 2 aliphatic heterocycles. The van der Waals surface area contributed by atoms with Crippen LogP contribution in [-0.2, 0) is 18.3 Å². The molecule has 0 saturated carbocycles. The Morgan fingerprint density at radius 1 is 1.21 bits per heavy atom. The lowest BCUT2D eigenvalue weighted by molar-refractivity contribution is -0.0873. The van der Waals surface area contributed by atoms with Gasteiger partial charge in [-0.2, -0.15) is 0 Å². The number of Topliss-reactive ketones (excluding diaryl/α,β-unsaturated/α-hetero) is 1. The van der Waals surface area contributed by atoms with Crippen LogP contribution in [0.5, 0.6) is 0 Å². The monoisotopic (exact) mass is 325 g/mol. The Morgan fingerprint density at radius 3 is 2.54 bits per heavy atom. The number of hydrogen-bond acceptors (Lipinski definition) is 4. The molecular formula is C19H23N3O2. The molecule has 2 aromatic rings. The predicted octanol–water partition coefficient (Wildman–Crippen LogP) is 2.28. The Kier molecular flexibility index (Phi) is 4.21. The summed E-state index contributed by atoms with van der Waals surface area (Å²) in [5.41, 5.74) is 2.04. The lowest BCUT2D eigenvalue weighted by Gasteiger charge is -2.48. The number of benzene rings is 1. The number of carbonyl (C=O) groups is 1. The standard InChI is InChI=1S/C19H23N3O2/c1-21-13-20-9-18(21)19(23)15-7-16-11-24-12-17(8-15)22(16)10-14-5-3-2-4-6-14/h2-6,9,13,15-17H,7-8,10-12H2,1H3. The number of imidazole rings is 1. The van der Waals surface area contributed by atoms with Gasteiger partial charge in [0.2, 0.25) is 0 Å². The molecule has 5 heteroatoms. The maximum absolute atomic E-state index is 12.9. The van der Waals surface area contributed by atoms with E-state index in [-0.39, 0.29) is 11.7 Å². The number of ether oxygens (including phenoxy) is 1. The zero-order valence-electron chi connectivity index (χ0n) is 14.0. The normalized spacial score (nSPS) is 27.1. The van der Waals surface area contributed by atoms with E-state index in [1.54, 1.807) is 12.5 Å². The summed E-state index contributed by atoms with van der Waals surface area (Å²) >= 11 is 0. The van der Waals surface area contributed by atoms with Crippen LogP contribution in [-0.4, -0.2) is 45.5 Å². The zero-order valence-corrected chi connectivity index (χ0v) is 14.0. The Hall–Kier alpha value is -1.98. The van der Waals surface area contributed by atoms with Gasteiger partial charge in [-0.1, -0.05) is 30.3 Å². The molecule has 0 aliphatic carbocycles. The lowest BCUT2D eigenvalue weighted by atomic mass is 9.81. The fourth-order valence-electron chi connectivity index (χ4n) is 4.06. The van der Waals surface area contributed by atoms with E-state index in [1.807, 2.05) is 17.7 Å². The van der Waals surface area contributed by atoms with Crippen LogP contribution in [0.1, 0.15) is 28.9 Å². The van der Waals surface area contributed by atoms with Gasteiger partial charge in [-0.15, -0.1) is 0 Å². The second-order valence-electron chi connectivity index (χ2n) is 6.93. The molecule has 2 aliphatic rings. The molecule has 2 atom stereocenters. The van der Waals surface area contributed by atoms with E-state index in [1.165, 1.54) is 5.56 Å². The highest BCUT2D eigenvalue weighted by molar-refractivity contribution is 5.96. The number of fused-ring (bicyclic) bond motifs is 2. The van der Waals surface area contributed by atoms with Gasteiger partial charge in [-0.3, -0.25) is 9.69 Å². The Labute approximate surface area is 142 Å². The second kappa shape index (κ2) is 6.49. The van der Waals surface area contributed by atoms with Crippen molar-refractivity contribution in [2.75, 3.05) is 13.2 Å². The average Bonchev–Trinajstić information content (AvgIpc) is 3.01. The average molecular weight is 325 g/mol. The molecule has 3 heterocycles. The fourth-order valence-corrected chi connectivity index (χ4v) is 4.06. The topological polar surface area (TPSA) is 47.4 Å². The molecule has 0 amide bonds. The van der Waals surface area contributed by atoms with Gasteiger partial charge in [-0.25, -0.2) is 4.98 Å². The second-order valence-corrected chi connectivity index (χ2v) is 6.93. The minimum Gasteiger partial charge on any atom is -0.378 e. The van der Waals surface area contributed by atoms with Gasteiger partial charge in [0.15, 0.2) is 5.78 Å². The molecule has 2 bridgehead atoms. The number of carbonyl (C=O) groups excluding carboxylic acids is 1. The first kappa shape index (κ1) is 15.5. The van der Waals surface area contributed by atoms with Gasteiger partial charge < -0.3 is 9.30 Å². The number of aryl methyl sites for hydroxylation is 1. The Bertz CT molecular complexity index is 698. The van der Waals surface area contributed by atoms with E-state index in [4.69, 9.17) is 4.74 Å². The van der Waals surface area contributed by atoms with Gasteiger partial charge in [0, 0.05) is 31.6 Å². The summed E-state index contributed by atoms with van der Waals surface area (Å²) in [5.74, 6) is 0.303. The van der Waals surface area contributed by atoms with Gasteiger partial charge in [0.05, 0.1) is 25.7 Å². The number of hydrogen-bond donors (Lipinski definition) is 0. The third-order valence-electron chi connectivity index (χ3n) is 5.32. The minimum atomic E-state index is 0.0753. The van der Waals surface area contributed by atoms with Crippen molar-refractivity contribution in [2.45, 2.75) is 31.5 Å².